The molecule has 0 aromatic heterocycles. The Labute approximate surface area is 92.7 Å². The molecule has 0 nitrogen and oxygen atoms in total. The van der Waals surface area contributed by atoms with Crippen molar-refractivity contribution in [3.63, 3.8) is 0 Å². The lowest BCUT2D eigenvalue weighted by Gasteiger charge is -2.23. The van der Waals surface area contributed by atoms with Gasteiger partial charge in [0.2, 0.25) is 0 Å². The average molecular weight is 200 g/mol. The van der Waals surface area contributed by atoms with Crippen LogP contribution in [0.2, 0.25) is 0 Å². The highest BCUT2D eigenvalue weighted by atomic mass is 14.4. The molecule has 0 heteroatoms. The maximum atomic E-state index is 2.41. The van der Waals surface area contributed by atoms with E-state index >= 15 is 0 Å². The van der Waals surface area contributed by atoms with E-state index in [0.29, 0.717) is 5.41 Å². The highest BCUT2D eigenvalue weighted by Gasteiger charge is 2.32. The molecule has 0 saturated heterocycles. The van der Waals surface area contributed by atoms with E-state index < -0.39 is 0 Å². The van der Waals surface area contributed by atoms with Crippen molar-refractivity contribution in [1.29, 1.82) is 0 Å². The Kier molecular flexibility index (Phi) is 1.95. The summed E-state index contributed by atoms with van der Waals surface area (Å²) in [5, 5.41) is 0. The standard InChI is InChI=1S/C15H20/c1-15(2)10-9-13-12-6-4-3-5-11(12)7-8-14(13)15/h7-8H,3-6,9-10H2,1-2H3. The van der Waals surface area contributed by atoms with Crippen LogP contribution < -0.4 is 0 Å². The van der Waals surface area contributed by atoms with E-state index in [0.717, 1.165) is 0 Å². The third kappa shape index (κ3) is 1.34. The fourth-order valence-electron chi connectivity index (χ4n) is 3.40. The van der Waals surface area contributed by atoms with Gasteiger partial charge in [0.15, 0.2) is 0 Å². The van der Waals surface area contributed by atoms with Crippen molar-refractivity contribution in [3.8, 4) is 0 Å². The van der Waals surface area contributed by atoms with Gasteiger partial charge in [-0.25, -0.2) is 0 Å². The van der Waals surface area contributed by atoms with Crippen molar-refractivity contribution < 1.29 is 0 Å². The Morgan fingerprint density at radius 3 is 2.60 bits per heavy atom. The van der Waals surface area contributed by atoms with Crippen LogP contribution in [0.3, 0.4) is 0 Å². The lowest BCUT2D eigenvalue weighted by molar-refractivity contribution is 0.522. The maximum absolute atomic E-state index is 2.41. The summed E-state index contributed by atoms with van der Waals surface area (Å²) in [6.45, 7) is 4.79. The first-order valence-electron chi connectivity index (χ1n) is 6.32. The van der Waals surface area contributed by atoms with Gasteiger partial charge in [-0.1, -0.05) is 26.0 Å². The third-order valence-corrected chi connectivity index (χ3v) is 4.38. The molecule has 0 atom stereocenters. The summed E-state index contributed by atoms with van der Waals surface area (Å²) in [4.78, 5) is 0. The van der Waals surface area contributed by atoms with Gasteiger partial charge in [-0.3, -0.25) is 0 Å². The van der Waals surface area contributed by atoms with E-state index in [9.17, 15) is 0 Å². The van der Waals surface area contributed by atoms with Gasteiger partial charge < -0.3 is 0 Å². The van der Waals surface area contributed by atoms with Gasteiger partial charge in [0, 0.05) is 0 Å². The van der Waals surface area contributed by atoms with Gasteiger partial charge in [-0.15, -0.1) is 0 Å². The molecule has 0 spiro atoms. The fourth-order valence-corrected chi connectivity index (χ4v) is 3.40. The molecule has 0 unspecified atom stereocenters. The second kappa shape index (κ2) is 3.10. The number of aryl methyl sites for hydroxylation is 1. The average Bonchev–Trinajstić information content (AvgIpc) is 2.55. The number of rotatable bonds is 0. The lowest BCUT2D eigenvalue weighted by Crippen LogP contribution is -2.13. The molecule has 80 valence electrons. The topological polar surface area (TPSA) is 0 Å². The SMILES string of the molecule is CC1(C)CCc2c1ccc1c2CCCC1. The molecule has 15 heavy (non-hydrogen) atoms. The summed E-state index contributed by atoms with van der Waals surface area (Å²) in [5.41, 5.74) is 7.17. The highest BCUT2D eigenvalue weighted by molar-refractivity contribution is 5.48. The summed E-state index contributed by atoms with van der Waals surface area (Å²) in [6.07, 6.45) is 8.14. The highest BCUT2D eigenvalue weighted by Crippen LogP contribution is 2.42. The molecule has 0 radical (unpaired) electrons. The zero-order valence-electron chi connectivity index (χ0n) is 9.90. The quantitative estimate of drug-likeness (QED) is 0.597. The van der Waals surface area contributed by atoms with Gasteiger partial charge in [-0.05, 0) is 66.2 Å². The van der Waals surface area contributed by atoms with E-state index in [1.165, 1.54) is 38.5 Å². The van der Waals surface area contributed by atoms with E-state index in [1.54, 1.807) is 22.3 Å². The molecule has 0 amide bonds. The van der Waals surface area contributed by atoms with Crippen molar-refractivity contribution in [1.82, 2.24) is 0 Å². The molecule has 0 bridgehead atoms. The first kappa shape index (κ1) is 9.45. The number of benzene rings is 1. The van der Waals surface area contributed by atoms with Crippen molar-refractivity contribution in [3.05, 3.63) is 34.4 Å². The van der Waals surface area contributed by atoms with E-state index in [2.05, 4.69) is 26.0 Å². The van der Waals surface area contributed by atoms with Crippen LogP contribution in [0.1, 0.15) is 55.4 Å². The summed E-state index contributed by atoms with van der Waals surface area (Å²) < 4.78 is 0. The second-order valence-corrected chi connectivity index (χ2v) is 5.82. The Morgan fingerprint density at radius 1 is 0.933 bits per heavy atom. The van der Waals surface area contributed by atoms with Crippen LogP contribution in [0.4, 0.5) is 0 Å². The number of hydrogen-bond donors (Lipinski definition) is 0. The van der Waals surface area contributed by atoms with E-state index in [4.69, 9.17) is 0 Å². The van der Waals surface area contributed by atoms with Gasteiger partial charge in [-0.2, -0.15) is 0 Å². The molecular weight excluding hydrogens is 180 g/mol. The van der Waals surface area contributed by atoms with Crippen LogP contribution in [0, 0.1) is 0 Å². The fraction of sp³-hybridized carbons (Fsp3) is 0.600. The van der Waals surface area contributed by atoms with Gasteiger partial charge in [0.1, 0.15) is 0 Å². The molecule has 1 aromatic carbocycles. The minimum absolute atomic E-state index is 0.432. The summed E-state index contributed by atoms with van der Waals surface area (Å²) in [7, 11) is 0. The minimum Gasteiger partial charge on any atom is -0.0585 e. The minimum atomic E-state index is 0.432. The molecule has 0 aliphatic heterocycles. The monoisotopic (exact) mass is 200 g/mol. The number of hydrogen-bond acceptors (Lipinski definition) is 0. The Bertz CT molecular complexity index is 399. The first-order valence-corrected chi connectivity index (χ1v) is 6.32. The largest absolute Gasteiger partial charge is 0.0585 e. The Hall–Kier alpha value is -0.780. The molecule has 0 fully saturated rings. The van der Waals surface area contributed by atoms with Crippen LogP contribution in [-0.4, -0.2) is 0 Å². The van der Waals surface area contributed by atoms with E-state index in [-0.39, 0.29) is 0 Å². The molecule has 0 saturated carbocycles. The maximum Gasteiger partial charge on any atom is -0.00976 e. The van der Waals surface area contributed by atoms with Crippen LogP contribution in [0.15, 0.2) is 12.1 Å². The predicted molar refractivity (Wildman–Crippen MR) is 64.4 cm³/mol. The van der Waals surface area contributed by atoms with Crippen molar-refractivity contribution in [2.75, 3.05) is 0 Å². The predicted octanol–water partition coefficient (Wildman–Crippen LogP) is 3.79. The van der Waals surface area contributed by atoms with Crippen molar-refractivity contribution in [2.24, 2.45) is 0 Å². The Morgan fingerprint density at radius 2 is 1.73 bits per heavy atom. The van der Waals surface area contributed by atoms with Crippen LogP contribution >= 0.6 is 0 Å². The second-order valence-electron chi connectivity index (χ2n) is 5.82. The third-order valence-electron chi connectivity index (χ3n) is 4.38. The summed E-state index contributed by atoms with van der Waals surface area (Å²) in [6, 6.07) is 4.81. The molecule has 0 N–H and O–H groups in total. The zero-order valence-corrected chi connectivity index (χ0v) is 9.90. The smallest absolute Gasteiger partial charge is 0.00976 e. The molecule has 2 aliphatic rings. The first-order chi connectivity index (χ1) is 7.18. The normalized spacial score (nSPS) is 22.3. The Balaban J connectivity index is 2.17. The van der Waals surface area contributed by atoms with Crippen molar-refractivity contribution in [2.45, 2.75) is 57.8 Å². The molecule has 0 heterocycles. The van der Waals surface area contributed by atoms with Crippen LogP contribution in [0.5, 0.6) is 0 Å². The molecule has 1 aromatic rings. The van der Waals surface area contributed by atoms with Crippen LogP contribution in [0.25, 0.3) is 0 Å². The van der Waals surface area contributed by atoms with Crippen molar-refractivity contribution >= 4 is 0 Å². The van der Waals surface area contributed by atoms with E-state index in [1.807, 2.05) is 0 Å². The molecular formula is C15H20. The lowest BCUT2D eigenvalue weighted by atomic mass is 9.82. The molecule has 2 aliphatic carbocycles. The number of fused-ring (bicyclic) bond motifs is 3. The van der Waals surface area contributed by atoms with Gasteiger partial charge in [0.05, 0.1) is 0 Å². The zero-order chi connectivity index (χ0) is 10.5. The summed E-state index contributed by atoms with van der Waals surface area (Å²) >= 11 is 0. The van der Waals surface area contributed by atoms with Gasteiger partial charge in [0.25, 0.3) is 0 Å². The van der Waals surface area contributed by atoms with Gasteiger partial charge >= 0.3 is 0 Å². The van der Waals surface area contributed by atoms with Crippen LogP contribution in [-0.2, 0) is 24.7 Å². The molecule has 3 rings (SSSR count). The summed E-state index contributed by atoms with van der Waals surface area (Å²) in [5.74, 6) is 0.